The Morgan fingerprint density at radius 1 is 1.60 bits per heavy atom. The number of ether oxygens (including phenoxy) is 1. The molecule has 3 nitrogen and oxygen atoms in total. The van der Waals surface area contributed by atoms with Crippen LogP contribution in [-0.2, 0) is 6.42 Å². The summed E-state index contributed by atoms with van der Waals surface area (Å²) < 4.78 is 5.29. The summed E-state index contributed by atoms with van der Waals surface area (Å²) in [6, 6.07) is 1.74. The molecular formula is C7H7N2O. The first-order chi connectivity index (χ1) is 4.97. The van der Waals surface area contributed by atoms with Gasteiger partial charge in [-0.3, -0.25) is 0 Å². The van der Waals surface area contributed by atoms with Crippen molar-refractivity contribution in [1.82, 2.24) is 10.2 Å². The van der Waals surface area contributed by atoms with E-state index in [0.29, 0.717) is 0 Å². The van der Waals surface area contributed by atoms with Crippen LogP contribution in [-0.4, -0.2) is 16.8 Å². The highest BCUT2D eigenvalue weighted by Crippen LogP contribution is 2.19. The van der Waals surface area contributed by atoms with E-state index in [-0.39, 0.29) is 0 Å². The molecule has 0 aliphatic carbocycles. The SMILES string of the molecule is [c]1cc2c(nn1)CCCO2. The van der Waals surface area contributed by atoms with Gasteiger partial charge in [0.2, 0.25) is 0 Å². The molecule has 3 heteroatoms. The molecule has 1 aliphatic heterocycles. The molecule has 0 saturated heterocycles. The Morgan fingerprint density at radius 3 is 3.50 bits per heavy atom. The predicted octanol–water partition coefficient (Wildman–Crippen LogP) is 0.602. The monoisotopic (exact) mass is 135 g/mol. The number of fused-ring (bicyclic) bond motifs is 1. The molecule has 51 valence electrons. The largest absolute Gasteiger partial charge is 0.492 e. The fraction of sp³-hybridized carbons (Fsp3) is 0.429. The maximum atomic E-state index is 5.29. The predicted molar refractivity (Wildman–Crippen MR) is 34.7 cm³/mol. The third-order valence-electron chi connectivity index (χ3n) is 1.52. The van der Waals surface area contributed by atoms with E-state index in [4.69, 9.17) is 4.74 Å². The zero-order chi connectivity index (χ0) is 6.81. The average molecular weight is 135 g/mol. The van der Waals surface area contributed by atoms with Crippen molar-refractivity contribution in [3.8, 4) is 5.75 Å². The number of aryl methyl sites for hydroxylation is 1. The quantitative estimate of drug-likeness (QED) is 0.522. The first-order valence-corrected chi connectivity index (χ1v) is 3.32. The van der Waals surface area contributed by atoms with Crippen molar-refractivity contribution < 1.29 is 4.74 Å². The minimum atomic E-state index is 0.798. The highest BCUT2D eigenvalue weighted by Gasteiger charge is 2.09. The van der Waals surface area contributed by atoms with Crippen LogP contribution in [0.4, 0.5) is 0 Å². The Hall–Kier alpha value is -1.12. The molecule has 0 atom stereocenters. The summed E-state index contributed by atoms with van der Waals surface area (Å²) in [6.45, 7) is 0.798. The summed E-state index contributed by atoms with van der Waals surface area (Å²) in [5, 5.41) is 7.53. The van der Waals surface area contributed by atoms with Crippen LogP contribution in [0.1, 0.15) is 12.1 Å². The second kappa shape index (κ2) is 2.25. The van der Waals surface area contributed by atoms with Gasteiger partial charge < -0.3 is 4.74 Å². The second-order valence-electron chi connectivity index (χ2n) is 2.24. The van der Waals surface area contributed by atoms with Crippen LogP contribution >= 0.6 is 0 Å². The summed E-state index contributed by atoms with van der Waals surface area (Å²) >= 11 is 0. The van der Waals surface area contributed by atoms with Crippen LogP contribution < -0.4 is 4.74 Å². The first-order valence-electron chi connectivity index (χ1n) is 3.32. The van der Waals surface area contributed by atoms with Gasteiger partial charge in [0.25, 0.3) is 0 Å². The topological polar surface area (TPSA) is 35.0 Å². The van der Waals surface area contributed by atoms with Crippen LogP contribution in [0.2, 0.25) is 0 Å². The molecule has 1 aromatic rings. The summed E-state index contributed by atoms with van der Waals surface area (Å²) in [6.07, 6.45) is 4.66. The molecular weight excluding hydrogens is 128 g/mol. The van der Waals surface area contributed by atoms with Crippen LogP contribution in [0.15, 0.2) is 6.07 Å². The van der Waals surface area contributed by atoms with Gasteiger partial charge in [-0.15, -0.1) is 5.10 Å². The van der Waals surface area contributed by atoms with E-state index in [2.05, 4.69) is 16.4 Å². The van der Waals surface area contributed by atoms with Gasteiger partial charge in [-0.2, -0.15) is 5.10 Å². The normalized spacial score (nSPS) is 15.6. The van der Waals surface area contributed by atoms with Gasteiger partial charge in [-0.1, -0.05) is 0 Å². The van der Waals surface area contributed by atoms with E-state index in [1.54, 1.807) is 6.07 Å². The van der Waals surface area contributed by atoms with E-state index >= 15 is 0 Å². The number of rotatable bonds is 0. The average Bonchev–Trinajstić information content (AvgIpc) is 2.05. The van der Waals surface area contributed by atoms with Gasteiger partial charge in [0, 0.05) is 6.07 Å². The van der Waals surface area contributed by atoms with Crippen molar-refractivity contribution in [3.05, 3.63) is 18.0 Å². The first kappa shape index (κ1) is 5.65. The molecule has 0 spiro atoms. The molecule has 2 heterocycles. The lowest BCUT2D eigenvalue weighted by Crippen LogP contribution is -2.10. The third-order valence-corrected chi connectivity index (χ3v) is 1.52. The lowest BCUT2D eigenvalue weighted by Gasteiger charge is -2.13. The Kier molecular flexibility index (Phi) is 1.27. The molecule has 0 fully saturated rings. The minimum absolute atomic E-state index is 0.798. The number of hydrogen-bond acceptors (Lipinski definition) is 3. The molecule has 0 unspecified atom stereocenters. The molecule has 0 amide bonds. The lowest BCUT2D eigenvalue weighted by molar-refractivity contribution is 0.283. The molecule has 1 radical (unpaired) electrons. The van der Waals surface area contributed by atoms with E-state index in [1.807, 2.05) is 0 Å². The summed E-state index contributed by atoms with van der Waals surface area (Å²) in [7, 11) is 0. The van der Waals surface area contributed by atoms with Gasteiger partial charge in [0.1, 0.15) is 17.6 Å². The molecule has 0 saturated carbocycles. The lowest BCUT2D eigenvalue weighted by atomic mass is 10.2. The summed E-state index contributed by atoms with van der Waals surface area (Å²) in [4.78, 5) is 0. The highest BCUT2D eigenvalue weighted by atomic mass is 16.5. The number of aromatic nitrogens is 2. The van der Waals surface area contributed by atoms with Crippen LogP contribution in [0, 0.1) is 6.20 Å². The maximum Gasteiger partial charge on any atom is 0.144 e. The molecule has 1 aromatic heterocycles. The highest BCUT2D eigenvalue weighted by molar-refractivity contribution is 5.25. The van der Waals surface area contributed by atoms with E-state index in [9.17, 15) is 0 Å². The second-order valence-corrected chi connectivity index (χ2v) is 2.24. The molecule has 10 heavy (non-hydrogen) atoms. The van der Waals surface area contributed by atoms with Crippen molar-refractivity contribution >= 4 is 0 Å². The van der Waals surface area contributed by atoms with Gasteiger partial charge in [0.15, 0.2) is 0 Å². The number of nitrogens with zero attached hydrogens (tertiary/aromatic N) is 2. The molecule has 0 aromatic carbocycles. The Bertz CT molecular complexity index is 212. The van der Waals surface area contributed by atoms with Crippen molar-refractivity contribution in [2.75, 3.05) is 6.61 Å². The van der Waals surface area contributed by atoms with E-state index < -0.39 is 0 Å². The van der Waals surface area contributed by atoms with Gasteiger partial charge in [-0.05, 0) is 12.8 Å². The van der Waals surface area contributed by atoms with Gasteiger partial charge >= 0.3 is 0 Å². The van der Waals surface area contributed by atoms with Crippen molar-refractivity contribution in [2.24, 2.45) is 0 Å². The van der Waals surface area contributed by atoms with Crippen LogP contribution in [0.25, 0.3) is 0 Å². The minimum Gasteiger partial charge on any atom is -0.492 e. The fourth-order valence-electron chi connectivity index (χ4n) is 1.03. The Balaban J connectivity index is 2.41. The zero-order valence-electron chi connectivity index (χ0n) is 5.50. The third kappa shape index (κ3) is 0.835. The van der Waals surface area contributed by atoms with Crippen molar-refractivity contribution in [2.45, 2.75) is 12.8 Å². The molecule has 0 bridgehead atoms. The van der Waals surface area contributed by atoms with Crippen LogP contribution in [0.5, 0.6) is 5.75 Å². The smallest absolute Gasteiger partial charge is 0.144 e. The van der Waals surface area contributed by atoms with Crippen LogP contribution in [0.3, 0.4) is 0 Å². The van der Waals surface area contributed by atoms with Gasteiger partial charge in [0.05, 0.1) is 6.61 Å². The summed E-state index contributed by atoms with van der Waals surface area (Å²) in [5.41, 5.74) is 0.963. The molecule has 2 rings (SSSR count). The zero-order valence-corrected chi connectivity index (χ0v) is 5.50. The van der Waals surface area contributed by atoms with Crippen molar-refractivity contribution in [3.63, 3.8) is 0 Å². The molecule has 0 N–H and O–H groups in total. The van der Waals surface area contributed by atoms with Crippen molar-refractivity contribution in [1.29, 1.82) is 0 Å². The van der Waals surface area contributed by atoms with E-state index in [1.165, 1.54) is 0 Å². The Labute approximate surface area is 59.0 Å². The van der Waals surface area contributed by atoms with Gasteiger partial charge in [-0.25, -0.2) is 0 Å². The molecule has 1 aliphatic rings. The number of hydrogen-bond donors (Lipinski definition) is 0. The van der Waals surface area contributed by atoms with E-state index in [0.717, 1.165) is 30.9 Å². The Morgan fingerprint density at radius 2 is 2.60 bits per heavy atom. The maximum absolute atomic E-state index is 5.29. The standard InChI is InChI=1S/C7H7N2O/c1-2-6-7(10-5-1)3-4-8-9-6/h3H,1-2,5H2. The fourth-order valence-corrected chi connectivity index (χ4v) is 1.03. The summed E-state index contributed by atoms with van der Waals surface area (Å²) in [5.74, 6) is 0.848.